The summed E-state index contributed by atoms with van der Waals surface area (Å²) >= 11 is 0. The van der Waals surface area contributed by atoms with Gasteiger partial charge >= 0.3 is 0 Å². The predicted octanol–water partition coefficient (Wildman–Crippen LogP) is 3.85. The van der Waals surface area contributed by atoms with Gasteiger partial charge in [-0.25, -0.2) is 0 Å². The van der Waals surface area contributed by atoms with Crippen molar-refractivity contribution in [3.63, 3.8) is 0 Å². The molecular formula is C22H22N4O. The number of hydrogen-bond acceptors (Lipinski definition) is 3. The molecule has 0 saturated heterocycles. The topological polar surface area (TPSA) is 82.9 Å². The molecule has 2 heterocycles. The van der Waals surface area contributed by atoms with Crippen LogP contribution in [0.2, 0.25) is 0 Å². The maximum atomic E-state index is 12.4. The molecule has 0 fully saturated rings. The van der Waals surface area contributed by atoms with Crippen LogP contribution >= 0.6 is 0 Å². The fourth-order valence-electron chi connectivity index (χ4n) is 3.40. The lowest BCUT2D eigenvalue weighted by Crippen LogP contribution is -2.12. The van der Waals surface area contributed by atoms with E-state index < -0.39 is 0 Å². The number of carbonyl (C=O) groups excluding carboxylic acids is 1. The summed E-state index contributed by atoms with van der Waals surface area (Å²) in [5.74, 6) is -0.0761. The van der Waals surface area contributed by atoms with Gasteiger partial charge in [-0.15, -0.1) is 0 Å². The molecular weight excluding hydrogens is 336 g/mol. The first kappa shape index (κ1) is 17.1. The molecule has 5 heteroatoms. The summed E-state index contributed by atoms with van der Waals surface area (Å²) < 4.78 is 0. The van der Waals surface area contributed by atoms with Crippen molar-refractivity contribution in [1.82, 2.24) is 4.98 Å². The minimum atomic E-state index is -0.0761. The highest BCUT2D eigenvalue weighted by Crippen LogP contribution is 2.35. The Morgan fingerprint density at radius 2 is 1.93 bits per heavy atom. The number of amides is 1. The average Bonchev–Trinajstić information content (AvgIpc) is 3.20. The number of aryl methyl sites for hydroxylation is 1. The smallest absolute Gasteiger partial charge is 0.256 e. The molecule has 0 radical (unpaired) electrons. The number of fused-ring (bicyclic) bond motifs is 1. The molecule has 0 bridgehead atoms. The van der Waals surface area contributed by atoms with Gasteiger partial charge in [-0.1, -0.05) is 30.3 Å². The SMILES string of the molecule is Cc1cc(-c2cccc(NCCN)c2)c(/C=C2\C(=O)Nc3ccccc32)[nH]1. The Balaban J connectivity index is 1.76. The second-order valence-corrected chi connectivity index (χ2v) is 6.63. The van der Waals surface area contributed by atoms with Crippen molar-refractivity contribution in [1.29, 1.82) is 0 Å². The third kappa shape index (κ3) is 3.37. The van der Waals surface area contributed by atoms with Gasteiger partial charge in [0.15, 0.2) is 0 Å². The second kappa shape index (κ2) is 7.13. The van der Waals surface area contributed by atoms with E-state index in [-0.39, 0.29) is 5.91 Å². The van der Waals surface area contributed by atoms with Crippen LogP contribution in [0.5, 0.6) is 0 Å². The Labute approximate surface area is 158 Å². The summed E-state index contributed by atoms with van der Waals surface area (Å²) in [6.45, 7) is 3.33. The molecule has 0 unspecified atom stereocenters. The van der Waals surface area contributed by atoms with Gasteiger partial charge in [-0.05, 0) is 42.8 Å². The quantitative estimate of drug-likeness (QED) is 0.523. The van der Waals surface area contributed by atoms with E-state index in [0.717, 1.165) is 46.0 Å². The minimum Gasteiger partial charge on any atom is -0.384 e. The molecule has 1 aliphatic rings. The molecule has 4 rings (SSSR count). The molecule has 1 aromatic heterocycles. The van der Waals surface area contributed by atoms with E-state index in [0.29, 0.717) is 12.1 Å². The van der Waals surface area contributed by atoms with Gasteiger partial charge in [-0.2, -0.15) is 0 Å². The van der Waals surface area contributed by atoms with Crippen LogP contribution in [0.4, 0.5) is 11.4 Å². The van der Waals surface area contributed by atoms with Gasteiger partial charge in [0.25, 0.3) is 5.91 Å². The maximum Gasteiger partial charge on any atom is 0.256 e. The number of nitrogens with one attached hydrogen (secondary N) is 3. The van der Waals surface area contributed by atoms with Crippen molar-refractivity contribution in [3.8, 4) is 11.1 Å². The Hall–Kier alpha value is -3.31. The summed E-state index contributed by atoms with van der Waals surface area (Å²) in [6, 6.07) is 18.1. The van der Waals surface area contributed by atoms with E-state index in [4.69, 9.17) is 5.73 Å². The summed E-state index contributed by atoms with van der Waals surface area (Å²) in [5.41, 5.74) is 13.2. The highest BCUT2D eigenvalue weighted by Gasteiger charge is 2.24. The number of rotatable bonds is 5. The largest absolute Gasteiger partial charge is 0.384 e. The Morgan fingerprint density at radius 1 is 1.07 bits per heavy atom. The fourth-order valence-corrected chi connectivity index (χ4v) is 3.40. The number of H-pyrrole nitrogens is 1. The first-order chi connectivity index (χ1) is 13.2. The summed E-state index contributed by atoms with van der Waals surface area (Å²) in [4.78, 5) is 15.8. The maximum absolute atomic E-state index is 12.4. The van der Waals surface area contributed by atoms with Crippen molar-refractivity contribution in [2.75, 3.05) is 23.7 Å². The number of anilines is 2. The number of carbonyl (C=O) groups is 1. The number of hydrogen-bond donors (Lipinski definition) is 4. The first-order valence-corrected chi connectivity index (χ1v) is 9.02. The van der Waals surface area contributed by atoms with Crippen LogP contribution in [0.15, 0.2) is 54.6 Å². The van der Waals surface area contributed by atoms with Crippen LogP contribution in [0.1, 0.15) is 17.0 Å². The van der Waals surface area contributed by atoms with Crippen LogP contribution < -0.4 is 16.4 Å². The van der Waals surface area contributed by atoms with Crippen LogP contribution in [0.25, 0.3) is 22.8 Å². The minimum absolute atomic E-state index is 0.0761. The molecule has 0 aliphatic carbocycles. The van der Waals surface area contributed by atoms with Crippen molar-refractivity contribution >= 4 is 28.9 Å². The average molecular weight is 358 g/mol. The second-order valence-electron chi connectivity index (χ2n) is 6.63. The van der Waals surface area contributed by atoms with Crippen LogP contribution in [-0.2, 0) is 4.79 Å². The van der Waals surface area contributed by atoms with Crippen molar-refractivity contribution in [2.45, 2.75) is 6.92 Å². The molecule has 0 spiro atoms. The molecule has 0 atom stereocenters. The molecule has 1 amide bonds. The number of nitrogens with two attached hydrogens (primary N) is 1. The highest BCUT2D eigenvalue weighted by molar-refractivity contribution is 6.35. The van der Waals surface area contributed by atoms with E-state index in [1.165, 1.54) is 0 Å². The van der Waals surface area contributed by atoms with Crippen LogP contribution in [0, 0.1) is 6.92 Å². The van der Waals surface area contributed by atoms with E-state index in [1.807, 2.05) is 49.4 Å². The van der Waals surface area contributed by atoms with E-state index >= 15 is 0 Å². The molecule has 5 N–H and O–H groups in total. The number of benzene rings is 2. The lowest BCUT2D eigenvalue weighted by Gasteiger charge is -2.08. The third-order valence-electron chi connectivity index (χ3n) is 4.63. The van der Waals surface area contributed by atoms with Gasteiger partial charge in [0.1, 0.15) is 0 Å². The molecule has 27 heavy (non-hydrogen) atoms. The highest BCUT2D eigenvalue weighted by atomic mass is 16.2. The standard InChI is InChI=1S/C22H22N4O/c1-14-11-18(15-5-4-6-16(12-15)24-10-9-23)21(25-14)13-19-17-7-2-3-8-20(17)26-22(19)27/h2-8,11-13,24-25H,9-10,23H2,1H3,(H,26,27)/b19-13-. The molecule has 3 aromatic rings. The van der Waals surface area contributed by atoms with Gasteiger partial charge < -0.3 is 21.4 Å². The van der Waals surface area contributed by atoms with Crippen molar-refractivity contribution < 1.29 is 4.79 Å². The Kier molecular flexibility index (Phi) is 4.52. The lowest BCUT2D eigenvalue weighted by molar-refractivity contribution is -0.110. The predicted molar refractivity (Wildman–Crippen MR) is 111 cm³/mol. The van der Waals surface area contributed by atoms with Gasteiger partial charge in [0.05, 0.1) is 5.57 Å². The summed E-state index contributed by atoms with van der Waals surface area (Å²) in [6.07, 6.45) is 1.93. The fraction of sp³-hybridized carbons (Fsp3) is 0.136. The van der Waals surface area contributed by atoms with Gasteiger partial charge in [0.2, 0.25) is 0 Å². The van der Waals surface area contributed by atoms with Crippen molar-refractivity contribution in [3.05, 3.63) is 71.5 Å². The van der Waals surface area contributed by atoms with Crippen molar-refractivity contribution in [2.24, 2.45) is 5.73 Å². The molecule has 1 aliphatic heterocycles. The zero-order valence-corrected chi connectivity index (χ0v) is 15.2. The van der Waals surface area contributed by atoms with Crippen LogP contribution in [-0.4, -0.2) is 24.0 Å². The Morgan fingerprint density at radius 3 is 2.78 bits per heavy atom. The van der Waals surface area contributed by atoms with Gasteiger partial charge in [0, 0.05) is 47.0 Å². The zero-order chi connectivity index (χ0) is 18.8. The first-order valence-electron chi connectivity index (χ1n) is 9.02. The van der Waals surface area contributed by atoms with E-state index in [9.17, 15) is 4.79 Å². The van der Waals surface area contributed by atoms with E-state index in [1.54, 1.807) is 0 Å². The Bertz CT molecular complexity index is 1030. The lowest BCUT2D eigenvalue weighted by atomic mass is 10.0. The summed E-state index contributed by atoms with van der Waals surface area (Å²) in [5, 5.41) is 6.23. The third-order valence-corrected chi connectivity index (χ3v) is 4.63. The van der Waals surface area contributed by atoms with Crippen LogP contribution in [0.3, 0.4) is 0 Å². The number of aromatic nitrogens is 1. The molecule has 5 nitrogen and oxygen atoms in total. The normalized spacial score (nSPS) is 14.3. The summed E-state index contributed by atoms with van der Waals surface area (Å²) in [7, 11) is 0. The molecule has 2 aromatic carbocycles. The zero-order valence-electron chi connectivity index (χ0n) is 15.2. The monoisotopic (exact) mass is 358 g/mol. The molecule has 0 saturated carbocycles. The molecule has 136 valence electrons. The number of aromatic amines is 1. The van der Waals surface area contributed by atoms with E-state index in [2.05, 4.69) is 33.8 Å². The number of para-hydroxylation sites is 1. The van der Waals surface area contributed by atoms with Gasteiger partial charge in [-0.3, -0.25) is 4.79 Å².